The van der Waals surface area contributed by atoms with Gasteiger partial charge in [-0.05, 0) is 49.6 Å². The van der Waals surface area contributed by atoms with Crippen LogP contribution < -0.4 is 19.5 Å². The molecule has 3 aromatic rings. The molecule has 3 aromatic carbocycles. The molecule has 0 saturated carbocycles. The Morgan fingerprint density at radius 2 is 1.57 bits per heavy atom. The minimum Gasteiger partial charge on any atom is -0.493 e. The molecule has 3 rings (SSSR count). The van der Waals surface area contributed by atoms with Crippen molar-refractivity contribution < 1.29 is 32.5 Å². The molecule has 3 N–H and O–H groups in total. The van der Waals surface area contributed by atoms with Crippen LogP contribution >= 0.6 is 11.9 Å². The van der Waals surface area contributed by atoms with Gasteiger partial charge in [0.25, 0.3) is 0 Å². The average molecular weight is 509 g/mol. The van der Waals surface area contributed by atoms with E-state index in [2.05, 4.69) is 14.8 Å². The van der Waals surface area contributed by atoms with Crippen molar-refractivity contribution >= 4 is 29.2 Å². The van der Waals surface area contributed by atoms with Gasteiger partial charge in [0.05, 0.1) is 24.5 Å². The van der Waals surface area contributed by atoms with Gasteiger partial charge in [0, 0.05) is 23.5 Å². The normalized spacial score (nSPS) is 10.6. The van der Waals surface area contributed by atoms with Gasteiger partial charge in [-0.1, -0.05) is 42.5 Å². The lowest BCUT2D eigenvalue weighted by Gasteiger charge is -2.15. The minimum absolute atomic E-state index is 0.0161. The molecule has 10 heteroatoms. The van der Waals surface area contributed by atoms with Gasteiger partial charge in [0.15, 0.2) is 0 Å². The van der Waals surface area contributed by atoms with Crippen molar-refractivity contribution in [1.29, 1.82) is 0 Å². The van der Waals surface area contributed by atoms with Gasteiger partial charge in [0.1, 0.15) is 11.5 Å². The predicted molar refractivity (Wildman–Crippen MR) is 132 cm³/mol. The number of amides is 1. The van der Waals surface area contributed by atoms with E-state index in [-0.39, 0.29) is 24.7 Å². The first-order valence-corrected chi connectivity index (χ1v) is 11.5. The van der Waals surface area contributed by atoms with Crippen LogP contribution in [0.3, 0.4) is 0 Å². The summed E-state index contributed by atoms with van der Waals surface area (Å²) in [6, 6.07) is 21.4. The van der Waals surface area contributed by atoms with Gasteiger partial charge in [-0.25, -0.2) is 0 Å². The third kappa shape index (κ3) is 10.6. The maximum Gasteiger partial charge on any atom is 0.573 e. The lowest BCUT2D eigenvalue weighted by atomic mass is 10.2. The van der Waals surface area contributed by atoms with E-state index < -0.39 is 6.36 Å². The standard InChI is InChI=1S/C19H21F3N2O4S.C6H6/c1-3-27-16-10-13(23-18(26)8-9-25)6-7-17(16)29-24-14-5-4-12(2)15(11-14)28-19(20,21)22;1-2-4-6-5-3-1/h4-7,10-11,24-25H,3,8-9H2,1-2H3,(H,23,26);1-6H. The number of aliphatic hydroxyl groups excluding tert-OH is 1. The molecule has 0 radical (unpaired) electrons. The van der Waals surface area contributed by atoms with Crippen LogP contribution in [0.15, 0.2) is 77.7 Å². The molecule has 1 amide bonds. The maximum atomic E-state index is 12.5. The number of benzene rings is 3. The number of hydrogen-bond acceptors (Lipinski definition) is 6. The van der Waals surface area contributed by atoms with E-state index in [4.69, 9.17) is 9.84 Å². The molecule has 188 valence electrons. The highest BCUT2D eigenvalue weighted by atomic mass is 32.2. The summed E-state index contributed by atoms with van der Waals surface area (Å²) in [5.74, 6) is -0.119. The summed E-state index contributed by atoms with van der Waals surface area (Å²) >= 11 is 1.15. The van der Waals surface area contributed by atoms with E-state index in [1.165, 1.54) is 19.1 Å². The van der Waals surface area contributed by atoms with Gasteiger partial charge in [-0.3, -0.25) is 4.79 Å². The monoisotopic (exact) mass is 508 g/mol. The van der Waals surface area contributed by atoms with E-state index in [1.54, 1.807) is 31.2 Å². The molecule has 0 aliphatic heterocycles. The van der Waals surface area contributed by atoms with Crippen molar-refractivity contribution in [2.45, 2.75) is 31.5 Å². The van der Waals surface area contributed by atoms with E-state index in [1.807, 2.05) is 36.4 Å². The van der Waals surface area contributed by atoms with Crippen LogP contribution in [0.4, 0.5) is 24.5 Å². The van der Waals surface area contributed by atoms with Crippen LogP contribution in [0.5, 0.6) is 11.5 Å². The highest BCUT2D eigenvalue weighted by Gasteiger charge is 2.31. The van der Waals surface area contributed by atoms with Gasteiger partial charge >= 0.3 is 6.36 Å². The Labute approximate surface area is 206 Å². The quantitative estimate of drug-likeness (QED) is 0.290. The lowest BCUT2D eigenvalue weighted by molar-refractivity contribution is -0.274. The van der Waals surface area contributed by atoms with E-state index >= 15 is 0 Å². The summed E-state index contributed by atoms with van der Waals surface area (Å²) in [6.45, 7) is 3.46. The molecule has 0 saturated heterocycles. The summed E-state index contributed by atoms with van der Waals surface area (Å²) in [5.41, 5.74) is 1.28. The molecule has 0 bridgehead atoms. The first kappa shape index (κ1) is 27.9. The molecular formula is C25H27F3N2O4S. The van der Waals surface area contributed by atoms with Crippen molar-refractivity contribution in [3.8, 4) is 11.5 Å². The van der Waals surface area contributed by atoms with Gasteiger partial charge in [-0.15, -0.1) is 13.2 Å². The van der Waals surface area contributed by atoms with E-state index in [0.29, 0.717) is 34.2 Å². The van der Waals surface area contributed by atoms with Crippen LogP contribution in [-0.2, 0) is 4.79 Å². The Balaban J connectivity index is 0.000000625. The average Bonchev–Trinajstić information content (AvgIpc) is 2.81. The number of rotatable bonds is 9. The number of aliphatic hydroxyl groups is 1. The molecule has 0 heterocycles. The summed E-state index contributed by atoms with van der Waals surface area (Å²) in [7, 11) is 0. The number of nitrogens with one attached hydrogen (secondary N) is 2. The SMILES string of the molecule is CCOc1cc(NC(=O)CCO)ccc1SNc1ccc(C)c(OC(F)(F)F)c1.c1ccccc1. The molecule has 0 atom stereocenters. The Morgan fingerprint density at radius 1 is 0.971 bits per heavy atom. The second-order valence-electron chi connectivity index (χ2n) is 7.00. The Hall–Kier alpha value is -3.37. The largest absolute Gasteiger partial charge is 0.573 e. The number of hydrogen-bond donors (Lipinski definition) is 3. The van der Waals surface area contributed by atoms with Crippen LogP contribution in [0.25, 0.3) is 0 Å². The van der Waals surface area contributed by atoms with Gasteiger partial charge in [0.2, 0.25) is 5.91 Å². The van der Waals surface area contributed by atoms with Crippen LogP contribution in [0, 0.1) is 6.92 Å². The molecular weight excluding hydrogens is 481 g/mol. The van der Waals surface area contributed by atoms with E-state index in [0.717, 1.165) is 11.9 Å². The zero-order valence-electron chi connectivity index (χ0n) is 19.3. The van der Waals surface area contributed by atoms with Crippen LogP contribution in [0.2, 0.25) is 0 Å². The fourth-order valence-corrected chi connectivity index (χ4v) is 3.37. The van der Waals surface area contributed by atoms with Crippen molar-refractivity contribution in [3.05, 3.63) is 78.4 Å². The molecule has 35 heavy (non-hydrogen) atoms. The fraction of sp³-hybridized carbons (Fsp3) is 0.240. The summed E-state index contributed by atoms with van der Waals surface area (Å²) in [5, 5.41) is 11.5. The zero-order valence-corrected chi connectivity index (χ0v) is 20.1. The Kier molecular flexibility index (Phi) is 11.2. The zero-order chi connectivity index (χ0) is 25.7. The number of alkyl halides is 3. The number of aryl methyl sites for hydroxylation is 1. The van der Waals surface area contributed by atoms with Crippen LogP contribution in [-0.4, -0.2) is 30.6 Å². The number of halogens is 3. The molecule has 0 spiro atoms. The molecule has 0 aromatic heterocycles. The predicted octanol–water partition coefficient (Wildman–Crippen LogP) is 6.42. The molecule has 0 unspecified atom stereocenters. The highest BCUT2D eigenvalue weighted by molar-refractivity contribution is 8.00. The van der Waals surface area contributed by atoms with E-state index in [9.17, 15) is 18.0 Å². The second kappa shape index (κ2) is 14.1. The van der Waals surface area contributed by atoms with Crippen molar-refractivity contribution in [2.75, 3.05) is 23.3 Å². The maximum absolute atomic E-state index is 12.5. The smallest absolute Gasteiger partial charge is 0.493 e. The van der Waals surface area contributed by atoms with Gasteiger partial charge < -0.3 is 24.6 Å². The first-order valence-electron chi connectivity index (χ1n) is 10.7. The molecule has 0 aliphatic carbocycles. The van der Waals surface area contributed by atoms with Crippen molar-refractivity contribution in [1.82, 2.24) is 0 Å². The second-order valence-corrected chi connectivity index (χ2v) is 7.85. The number of ether oxygens (including phenoxy) is 2. The van der Waals surface area contributed by atoms with Crippen LogP contribution in [0.1, 0.15) is 18.9 Å². The third-order valence-electron chi connectivity index (χ3n) is 4.23. The lowest BCUT2D eigenvalue weighted by Crippen LogP contribution is -2.17. The first-order chi connectivity index (χ1) is 16.7. The number of carbonyl (C=O) groups is 1. The van der Waals surface area contributed by atoms with Crippen molar-refractivity contribution in [3.63, 3.8) is 0 Å². The Bertz CT molecular complexity index is 1040. The van der Waals surface area contributed by atoms with Gasteiger partial charge in [-0.2, -0.15) is 0 Å². The number of anilines is 2. The summed E-state index contributed by atoms with van der Waals surface area (Å²) in [6.07, 6.45) is -4.78. The minimum atomic E-state index is -4.77. The fourth-order valence-electron chi connectivity index (χ4n) is 2.66. The summed E-state index contributed by atoms with van der Waals surface area (Å²) in [4.78, 5) is 12.3. The topological polar surface area (TPSA) is 79.8 Å². The number of carbonyl (C=O) groups excluding carboxylic acids is 1. The molecule has 6 nitrogen and oxygen atoms in total. The molecule has 0 fully saturated rings. The van der Waals surface area contributed by atoms with Crippen molar-refractivity contribution in [2.24, 2.45) is 0 Å². The third-order valence-corrected chi connectivity index (χ3v) is 5.12. The highest BCUT2D eigenvalue weighted by Crippen LogP contribution is 2.35. The molecule has 0 aliphatic rings. The Morgan fingerprint density at radius 3 is 2.14 bits per heavy atom. The summed E-state index contributed by atoms with van der Waals surface area (Å²) < 4.78 is 50.1.